The van der Waals surface area contributed by atoms with Gasteiger partial charge in [-0.3, -0.25) is 4.79 Å². The highest BCUT2D eigenvalue weighted by Crippen LogP contribution is 2.32. The Kier molecular flexibility index (Phi) is 4.52. The van der Waals surface area contributed by atoms with Crippen molar-refractivity contribution in [2.75, 3.05) is 0 Å². The van der Waals surface area contributed by atoms with Gasteiger partial charge in [0.25, 0.3) is 0 Å². The molecule has 10 heteroatoms. The number of benzene rings is 1. The predicted molar refractivity (Wildman–Crippen MR) is 101 cm³/mol. The van der Waals surface area contributed by atoms with Crippen molar-refractivity contribution in [2.45, 2.75) is 6.18 Å². The van der Waals surface area contributed by atoms with E-state index in [-0.39, 0.29) is 10.6 Å². The minimum atomic E-state index is -4.54. The molecule has 1 aliphatic heterocycles. The van der Waals surface area contributed by atoms with Gasteiger partial charge in [0.1, 0.15) is 5.70 Å². The number of hydrogen-bond acceptors (Lipinski definition) is 6. The lowest BCUT2D eigenvalue weighted by atomic mass is 10.2. The quantitative estimate of drug-likeness (QED) is 0.687. The Morgan fingerprint density at radius 2 is 1.96 bits per heavy atom. The predicted octanol–water partition coefficient (Wildman–Crippen LogP) is 3.60. The molecule has 0 amide bonds. The third kappa shape index (κ3) is 3.43. The highest BCUT2D eigenvalue weighted by Gasteiger charge is 2.31. The number of halogens is 3. The summed E-state index contributed by atoms with van der Waals surface area (Å²) in [5, 5.41) is 18.2. The summed E-state index contributed by atoms with van der Waals surface area (Å²) >= 11 is 2.14. The Hall–Kier alpha value is -2.98. The molecule has 1 aromatic carbocycles. The summed E-state index contributed by atoms with van der Waals surface area (Å²) in [6, 6.07) is 7.90. The lowest BCUT2D eigenvalue weighted by Crippen LogP contribution is -2.12. The second-order valence-electron chi connectivity index (χ2n) is 5.70. The first kappa shape index (κ1) is 18.4. The van der Waals surface area contributed by atoms with Crippen LogP contribution in [0.25, 0.3) is 17.5 Å². The molecule has 0 aliphatic carbocycles. The van der Waals surface area contributed by atoms with Crippen LogP contribution in [0.1, 0.15) is 10.4 Å². The molecule has 142 valence electrons. The van der Waals surface area contributed by atoms with Crippen LogP contribution < -0.4 is 13.9 Å². The molecule has 1 aliphatic rings. The molecule has 0 fully saturated rings. The van der Waals surface area contributed by atoms with Gasteiger partial charge in [0, 0.05) is 4.53 Å². The summed E-state index contributed by atoms with van der Waals surface area (Å²) in [6.07, 6.45) is 0.397. The van der Waals surface area contributed by atoms with Crippen molar-refractivity contribution in [1.82, 2.24) is 4.57 Å². The molecular weight excluding hydrogens is 411 g/mol. The topological polar surface area (TPSA) is 66.9 Å². The van der Waals surface area contributed by atoms with Crippen LogP contribution in [-0.4, -0.2) is 9.67 Å². The normalized spacial score (nSPS) is 16.3. The van der Waals surface area contributed by atoms with Crippen molar-refractivity contribution in [3.63, 3.8) is 0 Å². The second-order valence-corrected chi connectivity index (χ2v) is 7.81. The monoisotopic (exact) mass is 421 g/mol. The zero-order chi connectivity index (χ0) is 19.9. The Morgan fingerprint density at radius 3 is 2.68 bits per heavy atom. The lowest BCUT2D eigenvalue weighted by Gasteiger charge is -2.09. The van der Waals surface area contributed by atoms with E-state index in [1.54, 1.807) is 24.4 Å². The molecule has 2 aromatic heterocycles. The van der Waals surface area contributed by atoms with E-state index in [1.807, 2.05) is 6.07 Å². The smallest absolute Gasteiger partial charge is 0.416 e. The van der Waals surface area contributed by atoms with Gasteiger partial charge in [0.05, 0.1) is 26.9 Å². The third-order valence-electron chi connectivity index (χ3n) is 3.86. The molecule has 5 nitrogen and oxygen atoms in total. The van der Waals surface area contributed by atoms with E-state index < -0.39 is 22.5 Å². The van der Waals surface area contributed by atoms with Crippen LogP contribution in [0, 0.1) is 0 Å². The molecule has 4 rings (SSSR count). The van der Waals surface area contributed by atoms with Crippen LogP contribution in [0.2, 0.25) is 0 Å². The van der Waals surface area contributed by atoms with Crippen LogP contribution in [0.5, 0.6) is 5.88 Å². The Morgan fingerprint density at radius 1 is 1.14 bits per heavy atom. The number of aromatic nitrogens is 1. The molecule has 0 bridgehead atoms. The van der Waals surface area contributed by atoms with E-state index in [4.69, 9.17) is 0 Å². The van der Waals surface area contributed by atoms with Crippen molar-refractivity contribution in [3.8, 4) is 11.6 Å². The minimum Gasteiger partial charge on any atom is -0.493 e. The average molecular weight is 421 g/mol. The van der Waals surface area contributed by atoms with E-state index in [0.717, 1.165) is 37.1 Å². The van der Waals surface area contributed by atoms with Crippen LogP contribution in [0.15, 0.2) is 63.7 Å². The van der Waals surface area contributed by atoms with Crippen molar-refractivity contribution in [3.05, 3.63) is 77.8 Å². The van der Waals surface area contributed by atoms with E-state index in [9.17, 15) is 23.1 Å². The van der Waals surface area contributed by atoms with Gasteiger partial charge < -0.3 is 5.11 Å². The zero-order valence-electron chi connectivity index (χ0n) is 13.8. The minimum absolute atomic E-state index is 0.0489. The first-order chi connectivity index (χ1) is 13.3. The third-order valence-corrected chi connectivity index (χ3v) is 5.79. The standard InChI is InChI=1S/C18H10F3N3O2S2/c19-18(20,21)10-2-1-3-11(8-10)24-16(25)15(28-17(24)26)9-12-4-5-14(27-12)13-6-7-22-23-13/h1-9,25H. The first-order valence-corrected chi connectivity index (χ1v) is 9.48. The molecule has 3 heterocycles. The largest absolute Gasteiger partial charge is 0.493 e. The number of rotatable bonds is 2. The van der Waals surface area contributed by atoms with E-state index in [2.05, 4.69) is 10.2 Å². The number of hydrogen-bond donors (Lipinski definition) is 1. The van der Waals surface area contributed by atoms with Gasteiger partial charge in [-0.2, -0.15) is 18.3 Å². The summed E-state index contributed by atoms with van der Waals surface area (Å²) < 4.78 is 41.3. The van der Waals surface area contributed by atoms with Crippen LogP contribution >= 0.6 is 22.7 Å². The fraction of sp³-hybridized carbons (Fsp3) is 0.0556. The van der Waals surface area contributed by atoms with Crippen molar-refractivity contribution in [2.24, 2.45) is 10.2 Å². The average Bonchev–Trinajstić information content (AvgIpc) is 3.36. The van der Waals surface area contributed by atoms with E-state index >= 15 is 0 Å². The molecule has 28 heavy (non-hydrogen) atoms. The van der Waals surface area contributed by atoms with Crippen LogP contribution in [-0.2, 0) is 6.18 Å². The number of azo groups is 1. The zero-order valence-corrected chi connectivity index (χ0v) is 15.5. The highest BCUT2D eigenvalue weighted by molar-refractivity contribution is 7.11. The summed E-state index contributed by atoms with van der Waals surface area (Å²) in [6.45, 7) is 0. The number of alkyl halides is 3. The fourth-order valence-electron chi connectivity index (χ4n) is 2.59. The molecule has 3 aromatic rings. The van der Waals surface area contributed by atoms with Crippen LogP contribution in [0.4, 0.5) is 13.2 Å². The van der Waals surface area contributed by atoms with Gasteiger partial charge in [0.2, 0.25) is 5.88 Å². The summed E-state index contributed by atoms with van der Waals surface area (Å²) in [5.74, 6) is -0.405. The molecule has 1 N–H and O–H groups in total. The molecule has 0 atom stereocenters. The van der Waals surface area contributed by atoms with E-state index in [1.165, 1.54) is 23.5 Å². The van der Waals surface area contributed by atoms with E-state index in [0.29, 0.717) is 5.70 Å². The molecule has 0 saturated heterocycles. The van der Waals surface area contributed by atoms with Gasteiger partial charge in [-0.05, 0) is 42.5 Å². The Labute approximate surface area is 163 Å². The Balaban J connectivity index is 1.79. The molecule has 0 unspecified atom stereocenters. The maximum absolute atomic E-state index is 12.9. The van der Waals surface area contributed by atoms with Gasteiger partial charge in [-0.1, -0.05) is 17.4 Å². The maximum atomic E-state index is 12.9. The van der Waals surface area contributed by atoms with Crippen molar-refractivity contribution in [1.29, 1.82) is 0 Å². The molecule has 0 saturated carbocycles. The SMILES string of the molecule is O=c1sc(C=c2ccc(=C3C=CN=N3)s2)c(O)n1-c1cccc(C(F)(F)F)c1. The first-order valence-electron chi connectivity index (χ1n) is 7.85. The van der Waals surface area contributed by atoms with Gasteiger partial charge in [-0.25, -0.2) is 4.57 Å². The van der Waals surface area contributed by atoms with Crippen LogP contribution in [0.3, 0.4) is 0 Å². The number of aromatic hydroxyl groups is 1. The fourth-order valence-corrected chi connectivity index (χ4v) is 4.42. The Bertz CT molecular complexity index is 1280. The summed E-state index contributed by atoms with van der Waals surface area (Å²) in [5.41, 5.74) is -0.234. The maximum Gasteiger partial charge on any atom is 0.416 e. The lowest BCUT2D eigenvalue weighted by molar-refractivity contribution is -0.137. The second kappa shape index (κ2) is 6.88. The summed E-state index contributed by atoms with van der Waals surface area (Å²) in [4.78, 5) is 12.0. The number of nitrogens with zero attached hydrogens (tertiary/aromatic N) is 3. The van der Waals surface area contributed by atoms with Crippen molar-refractivity contribution >= 4 is 34.4 Å². The molecule has 0 spiro atoms. The van der Waals surface area contributed by atoms with Gasteiger partial charge in [-0.15, -0.1) is 16.5 Å². The van der Waals surface area contributed by atoms with Gasteiger partial charge in [0.15, 0.2) is 0 Å². The number of thiophene rings is 1. The number of thiazole rings is 1. The molecule has 0 radical (unpaired) electrons. The summed E-state index contributed by atoms with van der Waals surface area (Å²) in [7, 11) is 0. The van der Waals surface area contributed by atoms with Crippen molar-refractivity contribution < 1.29 is 18.3 Å². The highest BCUT2D eigenvalue weighted by atomic mass is 32.1. The van der Waals surface area contributed by atoms with Gasteiger partial charge >= 0.3 is 11.0 Å². The molecular formula is C18H10F3N3O2S2.